The molecule has 0 spiro atoms. The fourth-order valence-electron chi connectivity index (χ4n) is 3.51. The van der Waals surface area contributed by atoms with Gasteiger partial charge in [-0.05, 0) is 0 Å². The highest BCUT2D eigenvalue weighted by Crippen LogP contribution is 2.45. The maximum atomic E-state index is 12.2. The minimum Gasteiger partial charge on any atom is -0.481 e. The average molecular weight is 353 g/mol. The number of methoxy groups -OCH3 is 3. The molecule has 0 aromatic rings. The third-order valence-corrected chi connectivity index (χ3v) is 4.53. The fraction of sp³-hybridized carbons (Fsp3) is 0.500. The minimum atomic E-state index is -1.25. The van der Waals surface area contributed by atoms with Crippen molar-refractivity contribution in [3.05, 3.63) is 23.4 Å². The van der Waals surface area contributed by atoms with Crippen molar-refractivity contribution >= 4 is 23.9 Å². The molecule has 4 atom stereocenters. The normalized spacial score (nSPS) is 27.6. The molecule has 0 aromatic carbocycles. The van der Waals surface area contributed by atoms with Crippen LogP contribution in [0.2, 0.25) is 0 Å². The van der Waals surface area contributed by atoms with Crippen molar-refractivity contribution in [1.82, 2.24) is 4.90 Å². The quantitative estimate of drug-likeness (QED) is 0.530. The van der Waals surface area contributed by atoms with Gasteiger partial charge >= 0.3 is 23.9 Å². The number of esters is 3. The van der Waals surface area contributed by atoms with Crippen LogP contribution in [0.4, 0.5) is 0 Å². The molecule has 25 heavy (non-hydrogen) atoms. The van der Waals surface area contributed by atoms with Crippen LogP contribution in [-0.2, 0) is 33.4 Å². The number of carboxylic acids is 1. The summed E-state index contributed by atoms with van der Waals surface area (Å²) in [6.45, 7) is 0. The molecule has 0 aromatic heterocycles. The van der Waals surface area contributed by atoms with Gasteiger partial charge in [0.05, 0.1) is 50.4 Å². The molecule has 9 heteroatoms. The van der Waals surface area contributed by atoms with Gasteiger partial charge in [-0.3, -0.25) is 9.59 Å². The molecule has 0 amide bonds. The molecule has 2 aliphatic rings. The zero-order valence-electron chi connectivity index (χ0n) is 14.2. The third-order valence-electron chi connectivity index (χ3n) is 4.53. The van der Waals surface area contributed by atoms with Crippen molar-refractivity contribution in [3.63, 3.8) is 0 Å². The standard InChI is InChI=1S/C16H19NO8/c1-17-6-9(16(22)25-4)10-7(14(20)23-2)5-8(15(21)24-3)12(17)11(10)13(18)19/h5-7,10-12H,1-4H3,(H,18,19). The van der Waals surface area contributed by atoms with Crippen molar-refractivity contribution in [2.45, 2.75) is 6.04 Å². The molecular formula is C16H19NO8. The van der Waals surface area contributed by atoms with Crippen LogP contribution in [-0.4, -0.2) is 68.3 Å². The summed E-state index contributed by atoms with van der Waals surface area (Å²) in [5.41, 5.74) is 0.0634. The van der Waals surface area contributed by atoms with Gasteiger partial charge in [0.1, 0.15) is 0 Å². The molecule has 1 N–H and O–H groups in total. The highest BCUT2D eigenvalue weighted by molar-refractivity contribution is 5.97. The molecule has 9 nitrogen and oxygen atoms in total. The summed E-state index contributed by atoms with van der Waals surface area (Å²) >= 11 is 0. The Balaban J connectivity index is 2.70. The van der Waals surface area contributed by atoms with Crippen molar-refractivity contribution < 1.29 is 38.5 Å². The average Bonchev–Trinajstić information content (AvgIpc) is 2.61. The van der Waals surface area contributed by atoms with E-state index in [2.05, 4.69) is 0 Å². The van der Waals surface area contributed by atoms with Crippen LogP contribution < -0.4 is 0 Å². The molecule has 0 radical (unpaired) electrons. The lowest BCUT2D eigenvalue weighted by Gasteiger charge is -2.46. The predicted octanol–water partition coefficient (Wildman–Crippen LogP) is -0.423. The zero-order chi connectivity index (χ0) is 18.9. The first-order chi connectivity index (χ1) is 11.8. The Bertz CT molecular complexity index is 680. The van der Waals surface area contributed by atoms with Crippen molar-refractivity contribution in [2.75, 3.05) is 28.4 Å². The topological polar surface area (TPSA) is 119 Å². The van der Waals surface area contributed by atoms with Crippen molar-refractivity contribution in [1.29, 1.82) is 0 Å². The van der Waals surface area contributed by atoms with Crippen LogP contribution in [0.15, 0.2) is 23.4 Å². The highest BCUT2D eigenvalue weighted by atomic mass is 16.5. The van der Waals surface area contributed by atoms with Gasteiger partial charge in [-0.25, -0.2) is 9.59 Å². The number of likely N-dealkylation sites (N-methyl/N-ethyl adjacent to an activating group) is 1. The number of fused-ring (bicyclic) bond motifs is 2. The number of hydrogen-bond acceptors (Lipinski definition) is 8. The molecule has 2 rings (SSSR count). The lowest BCUT2D eigenvalue weighted by Crippen LogP contribution is -2.55. The van der Waals surface area contributed by atoms with Crippen molar-refractivity contribution in [2.24, 2.45) is 17.8 Å². The predicted molar refractivity (Wildman–Crippen MR) is 81.9 cm³/mol. The van der Waals surface area contributed by atoms with E-state index in [1.807, 2.05) is 0 Å². The van der Waals surface area contributed by atoms with Gasteiger partial charge in [0.25, 0.3) is 0 Å². The summed E-state index contributed by atoms with van der Waals surface area (Å²) in [6, 6.07) is -0.885. The highest BCUT2D eigenvalue weighted by Gasteiger charge is 2.55. The van der Waals surface area contributed by atoms with Crippen LogP contribution in [0.25, 0.3) is 0 Å². The first kappa shape index (κ1) is 18.5. The van der Waals surface area contributed by atoms with Gasteiger partial charge in [0.15, 0.2) is 0 Å². The van der Waals surface area contributed by atoms with E-state index in [1.165, 1.54) is 24.2 Å². The third kappa shape index (κ3) is 2.97. The van der Waals surface area contributed by atoms with E-state index in [4.69, 9.17) is 14.2 Å². The van der Waals surface area contributed by atoms with Gasteiger partial charge in [-0.15, -0.1) is 0 Å². The summed E-state index contributed by atoms with van der Waals surface area (Å²) in [6.07, 6.45) is 2.71. The number of carbonyl (C=O) groups is 4. The Morgan fingerprint density at radius 3 is 2.04 bits per heavy atom. The first-order valence-corrected chi connectivity index (χ1v) is 7.41. The fourth-order valence-corrected chi connectivity index (χ4v) is 3.51. The van der Waals surface area contributed by atoms with Crippen LogP contribution >= 0.6 is 0 Å². The molecule has 0 saturated carbocycles. The summed E-state index contributed by atoms with van der Waals surface area (Å²) in [4.78, 5) is 49.9. The Morgan fingerprint density at radius 1 is 1.00 bits per heavy atom. The van der Waals surface area contributed by atoms with Gasteiger partial charge in [-0.2, -0.15) is 0 Å². The number of carboxylic acid groups (broad SMARTS) is 1. The lowest BCUT2D eigenvalue weighted by molar-refractivity contribution is -0.153. The molecule has 0 saturated heterocycles. The number of hydrogen-bond donors (Lipinski definition) is 1. The second kappa shape index (κ2) is 6.96. The largest absolute Gasteiger partial charge is 0.481 e. The number of ether oxygens (including phenoxy) is 3. The summed E-state index contributed by atoms with van der Waals surface area (Å²) in [7, 11) is 5.01. The number of rotatable bonds is 4. The number of carbonyl (C=O) groups excluding carboxylic acids is 3. The summed E-state index contributed by atoms with van der Waals surface area (Å²) < 4.78 is 14.2. The van der Waals surface area contributed by atoms with Crippen LogP contribution in [0.5, 0.6) is 0 Å². The van der Waals surface area contributed by atoms with E-state index in [1.54, 1.807) is 0 Å². The van der Waals surface area contributed by atoms with E-state index in [0.29, 0.717) is 0 Å². The summed E-state index contributed by atoms with van der Waals surface area (Å²) in [5.74, 6) is -6.87. The number of aliphatic carboxylic acids is 1. The van der Waals surface area contributed by atoms with Gasteiger partial charge in [-0.1, -0.05) is 6.08 Å². The SMILES string of the molecule is COC(=O)C1=CN(C)C2C(C(=O)OC)=CC(C(=O)OC)C1C2C(=O)O. The molecule has 1 heterocycles. The zero-order valence-corrected chi connectivity index (χ0v) is 14.2. The second-order valence-electron chi connectivity index (χ2n) is 5.74. The molecule has 2 bridgehead atoms. The van der Waals surface area contributed by atoms with Crippen molar-refractivity contribution in [3.8, 4) is 0 Å². The van der Waals surface area contributed by atoms with E-state index in [-0.39, 0.29) is 11.1 Å². The molecule has 4 unspecified atom stereocenters. The lowest BCUT2D eigenvalue weighted by atomic mass is 9.65. The molecular weight excluding hydrogens is 334 g/mol. The van der Waals surface area contributed by atoms with E-state index >= 15 is 0 Å². The van der Waals surface area contributed by atoms with Crippen LogP contribution in [0.3, 0.4) is 0 Å². The number of nitrogens with zero attached hydrogens (tertiary/aromatic N) is 1. The smallest absolute Gasteiger partial charge is 0.335 e. The van der Waals surface area contributed by atoms with Crippen LogP contribution in [0, 0.1) is 17.8 Å². The molecule has 1 aliphatic heterocycles. The van der Waals surface area contributed by atoms with E-state index in [0.717, 1.165) is 21.3 Å². The van der Waals surface area contributed by atoms with Gasteiger partial charge < -0.3 is 24.2 Å². The Kier molecular flexibility index (Phi) is 5.15. The van der Waals surface area contributed by atoms with Gasteiger partial charge in [0, 0.05) is 19.2 Å². The van der Waals surface area contributed by atoms with Crippen LogP contribution in [0.1, 0.15) is 0 Å². The maximum Gasteiger partial charge on any atom is 0.335 e. The monoisotopic (exact) mass is 353 g/mol. The summed E-state index contributed by atoms with van der Waals surface area (Å²) in [5, 5.41) is 9.74. The maximum absolute atomic E-state index is 12.2. The molecule has 1 aliphatic carbocycles. The Hall–Kier alpha value is -2.84. The Morgan fingerprint density at radius 2 is 1.56 bits per heavy atom. The first-order valence-electron chi connectivity index (χ1n) is 7.41. The second-order valence-corrected chi connectivity index (χ2v) is 5.74. The molecule has 136 valence electrons. The van der Waals surface area contributed by atoms with E-state index in [9.17, 15) is 24.3 Å². The molecule has 0 fully saturated rings. The Labute approximate surface area is 143 Å². The minimum absolute atomic E-state index is 0.0317. The van der Waals surface area contributed by atoms with E-state index < -0.39 is 47.7 Å². The van der Waals surface area contributed by atoms with Gasteiger partial charge in [0.2, 0.25) is 0 Å².